The molecule has 0 spiro atoms. The van der Waals surface area contributed by atoms with Gasteiger partial charge in [-0.1, -0.05) is 0 Å². The summed E-state index contributed by atoms with van der Waals surface area (Å²) in [5.41, 5.74) is 0. The molecule has 0 radical (unpaired) electrons. The van der Waals surface area contributed by atoms with Crippen LogP contribution in [0.1, 0.15) is 12.7 Å². The Morgan fingerprint density at radius 2 is 2.55 bits per heavy atom. The van der Waals surface area contributed by atoms with Crippen LogP contribution in [0.15, 0.2) is 22.8 Å². The highest BCUT2D eigenvalue weighted by molar-refractivity contribution is 7.98. The van der Waals surface area contributed by atoms with E-state index in [2.05, 4.69) is 0 Å². The van der Waals surface area contributed by atoms with E-state index in [-0.39, 0.29) is 6.10 Å². The van der Waals surface area contributed by atoms with Crippen molar-refractivity contribution in [2.45, 2.75) is 18.8 Å². The molecule has 0 saturated carbocycles. The fourth-order valence-electron chi connectivity index (χ4n) is 0.725. The second-order valence-corrected chi connectivity index (χ2v) is 3.47. The molecule has 2 nitrogen and oxygen atoms in total. The summed E-state index contributed by atoms with van der Waals surface area (Å²) in [4.78, 5) is 0. The lowest BCUT2D eigenvalue weighted by atomic mass is 10.5. The molecular weight excluding hydrogens is 160 g/mol. The molecule has 0 aliphatic heterocycles. The molecule has 1 heterocycles. The first kappa shape index (κ1) is 8.68. The Morgan fingerprint density at radius 1 is 1.73 bits per heavy atom. The fourth-order valence-corrected chi connectivity index (χ4v) is 1.55. The van der Waals surface area contributed by atoms with Crippen molar-refractivity contribution in [1.29, 1.82) is 0 Å². The average Bonchev–Trinajstić information content (AvgIpc) is 2.39. The standard InChI is InChI=1S/C8H12O2S/c1-7(9)5-11-6-8-3-2-4-10-8/h2-4,7,9H,5-6H2,1H3/t7-/m0/s1. The quantitative estimate of drug-likeness (QED) is 0.753. The lowest BCUT2D eigenvalue weighted by molar-refractivity contribution is 0.220. The minimum absolute atomic E-state index is 0.227. The molecule has 11 heavy (non-hydrogen) atoms. The van der Waals surface area contributed by atoms with Crippen LogP contribution in [0.3, 0.4) is 0 Å². The van der Waals surface area contributed by atoms with Gasteiger partial charge in [-0.3, -0.25) is 0 Å². The molecule has 1 N–H and O–H groups in total. The van der Waals surface area contributed by atoms with Crippen LogP contribution < -0.4 is 0 Å². The van der Waals surface area contributed by atoms with E-state index < -0.39 is 0 Å². The first-order valence-electron chi connectivity index (χ1n) is 3.57. The van der Waals surface area contributed by atoms with Crippen LogP contribution >= 0.6 is 11.8 Å². The van der Waals surface area contributed by atoms with E-state index in [0.29, 0.717) is 0 Å². The molecule has 0 aromatic carbocycles. The van der Waals surface area contributed by atoms with Gasteiger partial charge in [0.1, 0.15) is 5.76 Å². The van der Waals surface area contributed by atoms with E-state index >= 15 is 0 Å². The highest BCUT2D eigenvalue weighted by Gasteiger charge is 1.98. The Hall–Kier alpha value is -0.410. The van der Waals surface area contributed by atoms with Gasteiger partial charge in [-0.25, -0.2) is 0 Å². The molecule has 0 amide bonds. The second-order valence-electron chi connectivity index (χ2n) is 2.44. The predicted octanol–water partition coefficient (Wildman–Crippen LogP) is 1.89. The fraction of sp³-hybridized carbons (Fsp3) is 0.500. The lowest BCUT2D eigenvalue weighted by Gasteiger charge is -2.00. The van der Waals surface area contributed by atoms with Crippen molar-refractivity contribution in [3.05, 3.63) is 24.2 Å². The summed E-state index contributed by atoms with van der Waals surface area (Å²) in [7, 11) is 0. The third-order valence-corrected chi connectivity index (χ3v) is 2.39. The zero-order valence-corrected chi connectivity index (χ0v) is 7.30. The number of rotatable bonds is 4. The van der Waals surface area contributed by atoms with Gasteiger partial charge in [-0.05, 0) is 19.1 Å². The second kappa shape index (κ2) is 4.46. The van der Waals surface area contributed by atoms with E-state index in [1.807, 2.05) is 12.1 Å². The summed E-state index contributed by atoms with van der Waals surface area (Å²) >= 11 is 1.68. The molecule has 0 aliphatic rings. The van der Waals surface area contributed by atoms with Gasteiger partial charge in [0, 0.05) is 5.75 Å². The monoisotopic (exact) mass is 172 g/mol. The van der Waals surface area contributed by atoms with E-state index in [0.717, 1.165) is 17.3 Å². The van der Waals surface area contributed by atoms with Crippen molar-refractivity contribution in [2.24, 2.45) is 0 Å². The highest BCUT2D eigenvalue weighted by Crippen LogP contribution is 2.12. The summed E-state index contributed by atoms with van der Waals surface area (Å²) < 4.78 is 5.11. The summed E-state index contributed by atoms with van der Waals surface area (Å²) in [5.74, 6) is 2.58. The van der Waals surface area contributed by atoms with Crippen LogP contribution in [0, 0.1) is 0 Å². The van der Waals surface area contributed by atoms with Gasteiger partial charge < -0.3 is 9.52 Å². The predicted molar refractivity (Wildman–Crippen MR) is 46.6 cm³/mol. The Kier molecular flexibility index (Phi) is 3.52. The topological polar surface area (TPSA) is 33.4 Å². The van der Waals surface area contributed by atoms with Gasteiger partial charge in [0.25, 0.3) is 0 Å². The smallest absolute Gasteiger partial charge is 0.113 e. The zero-order chi connectivity index (χ0) is 8.10. The number of aliphatic hydroxyl groups excluding tert-OH is 1. The SMILES string of the molecule is C[C@H](O)CSCc1ccco1. The minimum Gasteiger partial charge on any atom is -0.468 e. The van der Waals surface area contributed by atoms with Crippen molar-refractivity contribution in [2.75, 3.05) is 5.75 Å². The molecule has 0 bridgehead atoms. The van der Waals surface area contributed by atoms with Gasteiger partial charge >= 0.3 is 0 Å². The first-order valence-corrected chi connectivity index (χ1v) is 4.72. The molecule has 0 saturated heterocycles. The van der Waals surface area contributed by atoms with Gasteiger partial charge in [-0.15, -0.1) is 0 Å². The number of thioether (sulfide) groups is 1. The summed E-state index contributed by atoms with van der Waals surface area (Å²) in [6, 6.07) is 3.81. The van der Waals surface area contributed by atoms with E-state index in [1.54, 1.807) is 24.9 Å². The van der Waals surface area contributed by atoms with Crippen LogP contribution in [0.25, 0.3) is 0 Å². The Bertz CT molecular complexity index is 182. The van der Waals surface area contributed by atoms with Gasteiger partial charge in [-0.2, -0.15) is 11.8 Å². The number of hydrogen-bond donors (Lipinski definition) is 1. The molecule has 1 aromatic heterocycles. The van der Waals surface area contributed by atoms with E-state index in [1.165, 1.54) is 0 Å². The zero-order valence-electron chi connectivity index (χ0n) is 6.49. The van der Waals surface area contributed by atoms with Gasteiger partial charge in [0.2, 0.25) is 0 Å². The van der Waals surface area contributed by atoms with Crippen LogP contribution in [0.2, 0.25) is 0 Å². The molecule has 1 aromatic rings. The molecule has 1 rings (SSSR count). The Labute approximate surface area is 70.6 Å². The Morgan fingerprint density at radius 3 is 3.09 bits per heavy atom. The molecule has 62 valence electrons. The number of furan rings is 1. The van der Waals surface area contributed by atoms with E-state index in [9.17, 15) is 0 Å². The summed E-state index contributed by atoms with van der Waals surface area (Å²) in [6.07, 6.45) is 1.44. The maximum Gasteiger partial charge on any atom is 0.113 e. The normalized spacial score (nSPS) is 13.3. The summed E-state index contributed by atoms with van der Waals surface area (Å²) in [5, 5.41) is 8.93. The van der Waals surface area contributed by atoms with Crippen LogP contribution in [-0.2, 0) is 5.75 Å². The van der Waals surface area contributed by atoms with Crippen LogP contribution in [-0.4, -0.2) is 17.0 Å². The molecular formula is C8H12O2S. The molecule has 0 fully saturated rings. The van der Waals surface area contributed by atoms with Crippen molar-refractivity contribution in [3.63, 3.8) is 0 Å². The third-order valence-electron chi connectivity index (χ3n) is 1.18. The van der Waals surface area contributed by atoms with Gasteiger partial charge in [0.05, 0.1) is 18.1 Å². The minimum atomic E-state index is -0.227. The lowest BCUT2D eigenvalue weighted by Crippen LogP contribution is -2.02. The molecule has 3 heteroatoms. The highest BCUT2D eigenvalue weighted by atomic mass is 32.2. The Balaban J connectivity index is 2.14. The average molecular weight is 172 g/mol. The van der Waals surface area contributed by atoms with Crippen molar-refractivity contribution >= 4 is 11.8 Å². The largest absolute Gasteiger partial charge is 0.468 e. The molecule has 1 atom stereocenters. The van der Waals surface area contributed by atoms with Crippen molar-refractivity contribution in [3.8, 4) is 0 Å². The van der Waals surface area contributed by atoms with Crippen LogP contribution in [0.4, 0.5) is 0 Å². The summed E-state index contributed by atoms with van der Waals surface area (Å²) in [6.45, 7) is 1.79. The third kappa shape index (κ3) is 3.49. The van der Waals surface area contributed by atoms with Crippen molar-refractivity contribution in [1.82, 2.24) is 0 Å². The molecule has 0 unspecified atom stereocenters. The first-order chi connectivity index (χ1) is 5.29. The maximum atomic E-state index is 8.93. The van der Waals surface area contributed by atoms with Gasteiger partial charge in [0.15, 0.2) is 0 Å². The number of aliphatic hydroxyl groups is 1. The van der Waals surface area contributed by atoms with Crippen LogP contribution in [0.5, 0.6) is 0 Å². The maximum absolute atomic E-state index is 8.93. The molecule has 0 aliphatic carbocycles. The van der Waals surface area contributed by atoms with Crippen molar-refractivity contribution < 1.29 is 9.52 Å². The number of hydrogen-bond acceptors (Lipinski definition) is 3. The van der Waals surface area contributed by atoms with E-state index in [4.69, 9.17) is 9.52 Å².